The molecule has 18 heavy (non-hydrogen) atoms. The zero-order chi connectivity index (χ0) is 12.7. The lowest BCUT2D eigenvalue weighted by Gasteiger charge is -2.35. The largest absolute Gasteiger partial charge is 0.327 e. The number of hydrogen-bond acceptors (Lipinski definition) is 3. The van der Waals surface area contributed by atoms with E-state index in [-0.39, 0.29) is 6.04 Å². The van der Waals surface area contributed by atoms with Gasteiger partial charge in [0.15, 0.2) is 0 Å². The van der Waals surface area contributed by atoms with Crippen LogP contribution in [0.1, 0.15) is 30.5 Å². The first-order valence-corrected chi connectivity index (χ1v) is 6.58. The molecule has 96 valence electrons. The molecule has 0 amide bonds. The maximum Gasteiger partial charge on any atom is 0.0653 e. The molecule has 1 fully saturated rings. The summed E-state index contributed by atoms with van der Waals surface area (Å²) in [6, 6.07) is 4.92. The fraction of sp³-hybridized carbons (Fsp3) is 0.500. The van der Waals surface area contributed by atoms with Gasteiger partial charge in [-0.25, -0.2) is 0 Å². The van der Waals surface area contributed by atoms with Crippen molar-refractivity contribution in [3.8, 4) is 0 Å². The number of aromatic nitrogens is 2. The van der Waals surface area contributed by atoms with Crippen LogP contribution >= 0.6 is 0 Å². The number of aryl methyl sites for hydroxylation is 1. The minimum atomic E-state index is 0.278. The molecule has 2 heterocycles. The molecule has 0 saturated carbocycles. The second-order valence-corrected chi connectivity index (χ2v) is 5.49. The van der Waals surface area contributed by atoms with Crippen LogP contribution in [0.5, 0.6) is 0 Å². The van der Waals surface area contributed by atoms with Gasteiger partial charge in [0, 0.05) is 24.0 Å². The van der Waals surface area contributed by atoms with Crippen molar-refractivity contribution in [3.63, 3.8) is 0 Å². The van der Waals surface area contributed by atoms with Gasteiger partial charge in [0.1, 0.15) is 0 Å². The number of fused-ring (bicyclic) bond motifs is 1. The maximum atomic E-state index is 6.02. The number of aromatic amines is 1. The first kappa shape index (κ1) is 11.7. The molecule has 3 rings (SSSR count). The molecule has 0 radical (unpaired) electrons. The molecule has 4 N–H and O–H groups in total. The molecule has 0 bridgehead atoms. The smallest absolute Gasteiger partial charge is 0.0653 e. The van der Waals surface area contributed by atoms with Gasteiger partial charge >= 0.3 is 0 Å². The molecular formula is C14H20N4. The van der Waals surface area contributed by atoms with E-state index in [1.807, 2.05) is 6.20 Å². The quantitative estimate of drug-likeness (QED) is 0.717. The summed E-state index contributed by atoms with van der Waals surface area (Å²) >= 11 is 0. The lowest BCUT2D eigenvalue weighted by molar-refractivity contribution is 0.279. The molecule has 3 unspecified atom stereocenters. The zero-order valence-corrected chi connectivity index (χ0v) is 10.9. The standard InChI is InChI=1S/C14H20N4/c1-8-3-4-12-11(7-17-18-12)13(8)14-9(2)5-10(15)6-16-14/h3-4,7,9-10,14,16H,5-6,15H2,1-2H3,(H,17,18). The lowest BCUT2D eigenvalue weighted by Crippen LogP contribution is -2.45. The summed E-state index contributed by atoms with van der Waals surface area (Å²) in [6.45, 7) is 5.34. The van der Waals surface area contributed by atoms with E-state index in [2.05, 4.69) is 41.5 Å². The van der Waals surface area contributed by atoms with Crippen molar-refractivity contribution in [2.24, 2.45) is 11.7 Å². The highest BCUT2D eigenvalue weighted by Crippen LogP contribution is 2.34. The molecule has 1 aliphatic heterocycles. The number of piperidine rings is 1. The van der Waals surface area contributed by atoms with E-state index in [1.54, 1.807) is 0 Å². The number of benzene rings is 1. The second-order valence-electron chi connectivity index (χ2n) is 5.49. The van der Waals surface area contributed by atoms with Crippen LogP contribution in [0.15, 0.2) is 18.3 Å². The summed E-state index contributed by atoms with van der Waals surface area (Å²) in [7, 11) is 0. The summed E-state index contributed by atoms with van der Waals surface area (Å²) < 4.78 is 0. The van der Waals surface area contributed by atoms with Gasteiger partial charge in [-0.05, 0) is 36.5 Å². The van der Waals surface area contributed by atoms with Gasteiger partial charge in [-0.15, -0.1) is 0 Å². The van der Waals surface area contributed by atoms with Crippen LogP contribution in [-0.4, -0.2) is 22.8 Å². The summed E-state index contributed by atoms with van der Waals surface area (Å²) in [5.74, 6) is 0.549. The number of nitrogens with zero attached hydrogens (tertiary/aromatic N) is 1. The SMILES string of the molecule is Cc1ccc2[nH]ncc2c1C1NCC(N)CC1C. The van der Waals surface area contributed by atoms with Gasteiger partial charge in [0.2, 0.25) is 0 Å². The molecule has 1 aliphatic rings. The predicted molar refractivity (Wildman–Crippen MR) is 73.3 cm³/mol. The highest BCUT2D eigenvalue weighted by molar-refractivity contribution is 5.83. The molecule has 0 aliphatic carbocycles. The van der Waals surface area contributed by atoms with Gasteiger partial charge in [0.05, 0.1) is 11.7 Å². The molecule has 3 atom stereocenters. The average Bonchev–Trinajstić information content (AvgIpc) is 2.79. The highest BCUT2D eigenvalue weighted by Gasteiger charge is 2.28. The number of nitrogens with one attached hydrogen (secondary N) is 2. The summed E-state index contributed by atoms with van der Waals surface area (Å²) in [4.78, 5) is 0. The van der Waals surface area contributed by atoms with E-state index >= 15 is 0 Å². The van der Waals surface area contributed by atoms with Crippen molar-refractivity contribution < 1.29 is 0 Å². The second kappa shape index (κ2) is 4.37. The van der Waals surface area contributed by atoms with Gasteiger partial charge in [-0.1, -0.05) is 13.0 Å². The van der Waals surface area contributed by atoms with Crippen LogP contribution in [0.3, 0.4) is 0 Å². The first-order chi connectivity index (χ1) is 8.66. The molecule has 4 heteroatoms. The Bertz CT molecular complexity index is 560. The average molecular weight is 244 g/mol. The Kier molecular flexibility index (Phi) is 2.84. The van der Waals surface area contributed by atoms with Crippen molar-refractivity contribution in [1.82, 2.24) is 15.5 Å². The van der Waals surface area contributed by atoms with E-state index in [0.29, 0.717) is 12.0 Å². The number of nitrogens with two attached hydrogens (primary N) is 1. The normalized spacial score (nSPS) is 28.7. The molecule has 1 aromatic carbocycles. The van der Waals surface area contributed by atoms with Gasteiger partial charge < -0.3 is 11.1 Å². The van der Waals surface area contributed by atoms with Crippen molar-refractivity contribution in [3.05, 3.63) is 29.5 Å². The topological polar surface area (TPSA) is 66.7 Å². The minimum absolute atomic E-state index is 0.278. The van der Waals surface area contributed by atoms with Crippen LogP contribution < -0.4 is 11.1 Å². The van der Waals surface area contributed by atoms with Crippen LogP contribution in [0, 0.1) is 12.8 Å². The number of hydrogen-bond donors (Lipinski definition) is 3. The van der Waals surface area contributed by atoms with Crippen LogP contribution in [0.4, 0.5) is 0 Å². The Labute approximate surface area is 107 Å². The first-order valence-electron chi connectivity index (χ1n) is 6.58. The van der Waals surface area contributed by atoms with Crippen molar-refractivity contribution in [2.45, 2.75) is 32.4 Å². The van der Waals surface area contributed by atoms with E-state index in [0.717, 1.165) is 18.5 Å². The summed E-state index contributed by atoms with van der Waals surface area (Å²) in [5, 5.41) is 12.0. The Hall–Kier alpha value is -1.39. The highest BCUT2D eigenvalue weighted by atomic mass is 15.1. The third kappa shape index (κ3) is 1.82. The third-order valence-corrected chi connectivity index (χ3v) is 4.04. The molecule has 1 saturated heterocycles. The minimum Gasteiger partial charge on any atom is -0.327 e. The lowest BCUT2D eigenvalue weighted by atomic mass is 9.83. The molecule has 4 nitrogen and oxygen atoms in total. The molecule has 1 aromatic heterocycles. The Morgan fingerprint density at radius 1 is 1.39 bits per heavy atom. The van der Waals surface area contributed by atoms with Gasteiger partial charge in [-0.3, -0.25) is 5.10 Å². The van der Waals surface area contributed by atoms with E-state index in [9.17, 15) is 0 Å². The predicted octanol–water partition coefficient (Wildman–Crippen LogP) is 1.87. The summed E-state index contributed by atoms with van der Waals surface area (Å²) in [6.07, 6.45) is 3.01. The molecular weight excluding hydrogens is 224 g/mol. The third-order valence-electron chi connectivity index (χ3n) is 4.04. The Morgan fingerprint density at radius 3 is 3.00 bits per heavy atom. The van der Waals surface area contributed by atoms with Crippen molar-refractivity contribution in [2.75, 3.05) is 6.54 Å². The van der Waals surface area contributed by atoms with Crippen molar-refractivity contribution >= 4 is 10.9 Å². The zero-order valence-electron chi connectivity index (χ0n) is 10.9. The fourth-order valence-corrected chi connectivity index (χ4v) is 3.12. The van der Waals surface area contributed by atoms with Crippen LogP contribution in [0.25, 0.3) is 10.9 Å². The Balaban J connectivity index is 2.07. The van der Waals surface area contributed by atoms with Gasteiger partial charge in [0.25, 0.3) is 0 Å². The molecule has 2 aromatic rings. The Morgan fingerprint density at radius 2 is 2.22 bits per heavy atom. The fourth-order valence-electron chi connectivity index (χ4n) is 3.12. The number of H-pyrrole nitrogens is 1. The van der Waals surface area contributed by atoms with Crippen molar-refractivity contribution in [1.29, 1.82) is 0 Å². The van der Waals surface area contributed by atoms with E-state index in [1.165, 1.54) is 16.5 Å². The van der Waals surface area contributed by atoms with Crippen LogP contribution in [0.2, 0.25) is 0 Å². The molecule has 0 spiro atoms. The van der Waals surface area contributed by atoms with Crippen LogP contribution in [-0.2, 0) is 0 Å². The maximum absolute atomic E-state index is 6.02. The number of rotatable bonds is 1. The monoisotopic (exact) mass is 244 g/mol. The van der Waals surface area contributed by atoms with E-state index < -0.39 is 0 Å². The van der Waals surface area contributed by atoms with E-state index in [4.69, 9.17) is 5.73 Å². The van der Waals surface area contributed by atoms with Gasteiger partial charge in [-0.2, -0.15) is 5.10 Å². The summed E-state index contributed by atoms with van der Waals surface area (Å²) in [5.41, 5.74) is 9.82.